The van der Waals surface area contributed by atoms with Crippen LogP contribution in [0.4, 0.5) is 5.69 Å². The number of amides is 1. The number of carbonyl (C=O) groups is 1. The Hall–Kier alpha value is -3.15. The molecule has 4 aromatic heterocycles. The van der Waals surface area contributed by atoms with E-state index in [0.29, 0.717) is 34.4 Å². The van der Waals surface area contributed by atoms with Crippen LogP contribution in [0.1, 0.15) is 37.4 Å². The third-order valence-corrected chi connectivity index (χ3v) is 6.21. The van der Waals surface area contributed by atoms with Crippen LogP contribution >= 0.6 is 23.2 Å². The zero-order valence-electron chi connectivity index (χ0n) is 17.7. The van der Waals surface area contributed by atoms with Crippen LogP contribution in [0.3, 0.4) is 0 Å². The van der Waals surface area contributed by atoms with Crippen molar-refractivity contribution < 1.29 is 14.6 Å². The van der Waals surface area contributed by atoms with E-state index in [1.165, 1.54) is 10.9 Å². The lowest BCUT2D eigenvalue weighted by atomic mass is 9.88. The van der Waals surface area contributed by atoms with Crippen LogP contribution in [-0.2, 0) is 16.8 Å². The van der Waals surface area contributed by atoms with Gasteiger partial charge in [-0.1, -0.05) is 42.3 Å². The molecule has 3 N–H and O–H groups in total. The van der Waals surface area contributed by atoms with Gasteiger partial charge >= 0.3 is 5.82 Å². The van der Waals surface area contributed by atoms with E-state index in [9.17, 15) is 9.90 Å². The molecule has 0 spiro atoms. The SMILES string of the molecule is CC1(C)CC(C(=O)Nc2cnc(-c3nn[nH][n+]3CCO)c(Cl)c2)c2cnc3cc(Cl)nn3c21. The van der Waals surface area contributed by atoms with Gasteiger partial charge < -0.3 is 10.4 Å². The number of aromatic nitrogens is 8. The predicted molar refractivity (Wildman–Crippen MR) is 119 cm³/mol. The molecule has 1 unspecified atom stereocenters. The molecule has 0 aromatic carbocycles. The highest BCUT2D eigenvalue weighted by Crippen LogP contribution is 2.46. The topological polar surface area (TPSA) is 138 Å². The van der Waals surface area contributed by atoms with E-state index < -0.39 is 5.92 Å². The lowest BCUT2D eigenvalue weighted by Crippen LogP contribution is -2.39. The number of halogens is 2. The first kappa shape index (κ1) is 21.7. The monoisotopic (exact) mass is 488 g/mol. The highest BCUT2D eigenvalue weighted by molar-refractivity contribution is 6.33. The van der Waals surface area contributed by atoms with Crippen molar-refractivity contribution in [3.63, 3.8) is 0 Å². The average Bonchev–Trinajstić information content (AvgIpc) is 3.43. The van der Waals surface area contributed by atoms with E-state index in [1.807, 2.05) is 0 Å². The molecule has 11 nitrogen and oxygen atoms in total. The minimum atomic E-state index is -0.421. The van der Waals surface area contributed by atoms with E-state index in [-0.39, 0.29) is 29.5 Å². The summed E-state index contributed by atoms with van der Waals surface area (Å²) < 4.78 is 3.25. The van der Waals surface area contributed by atoms with Gasteiger partial charge in [-0.05, 0) is 12.5 Å². The number of aliphatic hydroxyl groups is 1. The van der Waals surface area contributed by atoms with Crippen LogP contribution < -0.4 is 10.00 Å². The summed E-state index contributed by atoms with van der Waals surface area (Å²) in [5, 5.41) is 27.4. The molecule has 13 heteroatoms. The second kappa shape index (κ2) is 8.01. The summed E-state index contributed by atoms with van der Waals surface area (Å²) in [6, 6.07) is 3.30. The molecular weight excluding hydrogens is 469 g/mol. The van der Waals surface area contributed by atoms with Gasteiger partial charge in [-0.15, -0.1) is 0 Å². The maximum atomic E-state index is 13.2. The Morgan fingerprint density at radius 3 is 2.91 bits per heavy atom. The number of carbonyl (C=O) groups excluding carboxylic acids is 1. The van der Waals surface area contributed by atoms with Gasteiger partial charge in [0.15, 0.2) is 21.7 Å². The summed E-state index contributed by atoms with van der Waals surface area (Å²) in [7, 11) is 0. The van der Waals surface area contributed by atoms with E-state index in [4.69, 9.17) is 23.2 Å². The number of nitrogens with zero attached hydrogens (tertiary/aromatic N) is 7. The van der Waals surface area contributed by atoms with Crippen molar-refractivity contribution in [2.75, 3.05) is 11.9 Å². The first-order valence-electron chi connectivity index (χ1n) is 10.2. The second-order valence-corrected chi connectivity index (χ2v) is 9.28. The molecule has 0 aliphatic heterocycles. The lowest BCUT2D eigenvalue weighted by molar-refractivity contribution is -0.745. The molecule has 0 saturated heterocycles. The molecule has 33 heavy (non-hydrogen) atoms. The van der Waals surface area contributed by atoms with Gasteiger partial charge in [-0.3, -0.25) is 4.79 Å². The fourth-order valence-electron chi connectivity index (χ4n) is 4.36. The van der Waals surface area contributed by atoms with E-state index in [1.54, 1.807) is 22.8 Å². The Morgan fingerprint density at radius 2 is 2.15 bits per heavy atom. The lowest BCUT2D eigenvalue weighted by Gasteiger charge is -2.19. The van der Waals surface area contributed by atoms with Crippen LogP contribution in [-0.4, -0.2) is 52.7 Å². The van der Waals surface area contributed by atoms with Crippen LogP contribution in [0.25, 0.3) is 17.2 Å². The fraction of sp³-hybridized carbons (Fsp3) is 0.350. The molecule has 5 rings (SSSR count). The number of fused-ring (bicyclic) bond motifs is 3. The van der Waals surface area contributed by atoms with Gasteiger partial charge in [0.05, 0.1) is 35.1 Å². The van der Waals surface area contributed by atoms with Gasteiger partial charge in [0, 0.05) is 23.2 Å². The summed E-state index contributed by atoms with van der Waals surface area (Å²) in [5.41, 5.74) is 2.91. The molecule has 0 fully saturated rings. The van der Waals surface area contributed by atoms with Crippen LogP contribution in [0.2, 0.25) is 10.2 Å². The number of pyridine rings is 1. The van der Waals surface area contributed by atoms with E-state index >= 15 is 0 Å². The maximum absolute atomic E-state index is 13.2. The highest BCUT2D eigenvalue weighted by atomic mass is 35.5. The zero-order chi connectivity index (χ0) is 23.3. The van der Waals surface area contributed by atoms with Crippen molar-refractivity contribution in [2.24, 2.45) is 0 Å². The maximum Gasteiger partial charge on any atom is 0.352 e. The summed E-state index contributed by atoms with van der Waals surface area (Å²) in [4.78, 5) is 22.0. The minimum absolute atomic E-state index is 0.0988. The number of H-pyrrole nitrogens is 1. The summed E-state index contributed by atoms with van der Waals surface area (Å²) in [6.45, 7) is 4.30. The first-order chi connectivity index (χ1) is 15.8. The predicted octanol–water partition coefficient (Wildman–Crippen LogP) is 1.90. The minimum Gasteiger partial charge on any atom is -0.393 e. The molecule has 170 valence electrons. The number of aliphatic hydroxyl groups excluding tert-OH is 1. The third kappa shape index (κ3) is 3.71. The van der Waals surface area contributed by atoms with Gasteiger partial charge in [0.1, 0.15) is 11.6 Å². The van der Waals surface area contributed by atoms with Crippen molar-refractivity contribution in [1.82, 2.24) is 35.1 Å². The zero-order valence-corrected chi connectivity index (χ0v) is 19.3. The molecule has 1 atom stereocenters. The summed E-state index contributed by atoms with van der Waals surface area (Å²) in [6.07, 6.45) is 3.82. The molecule has 0 saturated carbocycles. The normalized spacial score (nSPS) is 16.8. The molecule has 4 aromatic rings. The van der Waals surface area contributed by atoms with Crippen molar-refractivity contribution in [3.8, 4) is 11.5 Å². The standard InChI is InChI=1S/C20H19Cl2N9O2/c1-20(2)7-11(12-9-23-15-6-14(22)27-31(15)17(12)20)19(33)25-10-5-13(21)16(24-8-10)18-26-28-29-30(18)3-4-32/h5-6,8-9,11,32H,3-4,7H2,1-2H3,(H,25,26,29,33)/p+1. The van der Waals surface area contributed by atoms with Crippen molar-refractivity contribution in [3.05, 3.63) is 46.0 Å². The van der Waals surface area contributed by atoms with Crippen molar-refractivity contribution in [1.29, 1.82) is 0 Å². The Bertz CT molecular complexity index is 1380. The van der Waals surface area contributed by atoms with E-state index in [2.05, 4.69) is 49.8 Å². The fourth-order valence-corrected chi connectivity index (χ4v) is 4.78. The second-order valence-electron chi connectivity index (χ2n) is 8.48. The van der Waals surface area contributed by atoms with Gasteiger partial charge in [0.2, 0.25) is 5.91 Å². The third-order valence-electron chi connectivity index (χ3n) is 5.74. The molecule has 4 heterocycles. The summed E-state index contributed by atoms with van der Waals surface area (Å²) in [5.74, 6) is -0.231. The quantitative estimate of drug-likeness (QED) is 0.364. The van der Waals surface area contributed by atoms with Crippen LogP contribution in [0.5, 0.6) is 0 Å². The number of hydrogen-bond acceptors (Lipinski definition) is 7. The van der Waals surface area contributed by atoms with E-state index in [0.717, 1.165) is 11.3 Å². The Morgan fingerprint density at radius 1 is 1.33 bits per heavy atom. The summed E-state index contributed by atoms with van der Waals surface area (Å²) >= 11 is 12.5. The smallest absolute Gasteiger partial charge is 0.352 e. The van der Waals surface area contributed by atoms with Gasteiger partial charge in [0.25, 0.3) is 0 Å². The number of nitrogens with one attached hydrogen (secondary N) is 2. The molecule has 0 radical (unpaired) electrons. The van der Waals surface area contributed by atoms with Crippen LogP contribution in [0.15, 0.2) is 24.5 Å². The Balaban J connectivity index is 1.42. The molecule has 1 aliphatic carbocycles. The van der Waals surface area contributed by atoms with Crippen LogP contribution in [0, 0.1) is 0 Å². The molecule has 1 amide bonds. The number of anilines is 1. The van der Waals surface area contributed by atoms with Gasteiger partial charge in [-0.2, -0.15) is 9.78 Å². The Labute approximate surface area is 197 Å². The Kier molecular flexibility index (Phi) is 5.26. The first-order valence-corrected chi connectivity index (χ1v) is 11.0. The number of aromatic amines is 1. The number of hydrogen-bond donors (Lipinski definition) is 3. The number of tetrazole rings is 1. The average molecular weight is 489 g/mol. The largest absolute Gasteiger partial charge is 0.393 e. The molecule has 0 bridgehead atoms. The molecule has 1 aliphatic rings. The van der Waals surface area contributed by atoms with Crippen molar-refractivity contribution >= 4 is 40.4 Å². The van der Waals surface area contributed by atoms with Gasteiger partial charge in [-0.25, -0.2) is 14.5 Å². The highest BCUT2D eigenvalue weighted by Gasteiger charge is 2.43. The number of rotatable bonds is 5. The van der Waals surface area contributed by atoms with Crippen molar-refractivity contribution in [2.45, 2.75) is 38.1 Å². The molecular formula is C20H20Cl2N9O2+.